The molecule has 0 radical (unpaired) electrons. The van der Waals surface area contributed by atoms with Crippen LogP contribution in [0.3, 0.4) is 0 Å². The molecule has 0 aliphatic rings. The number of hydrogen-bond donors (Lipinski definition) is 3. The van der Waals surface area contributed by atoms with Crippen LogP contribution < -0.4 is 15.8 Å². The van der Waals surface area contributed by atoms with Gasteiger partial charge in [-0.1, -0.05) is 0 Å². The molecule has 4 N–H and O–H groups in total. The van der Waals surface area contributed by atoms with Crippen LogP contribution in [0.5, 0.6) is 5.75 Å². The molecule has 92 valence electrons. The Labute approximate surface area is 98.4 Å². The fraction of sp³-hybridized carbons (Fsp3) is 0.273. The van der Waals surface area contributed by atoms with Gasteiger partial charge in [-0.3, -0.25) is 4.79 Å². The second-order valence-electron chi connectivity index (χ2n) is 3.47. The Morgan fingerprint density at radius 3 is 2.65 bits per heavy atom. The van der Waals surface area contributed by atoms with Gasteiger partial charge in [0.05, 0.1) is 5.56 Å². The topological polar surface area (TPSA) is 102 Å². The monoisotopic (exact) mass is 238 g/mol. The first-order chi connectivity index (χ1) is 7.95. The van der Waals surface area contributed by atoms with Crippen LogP contribution in [0.25, 0.3) is 0 Å². The maximum atomic E-state index is 11.0. The van der Waals surface area contributed by atoms with Crippen LogP contribution in [0.2, 0.25) is 0 Å². The highest BCUT2D eigenvalue weighted by Gasteiger charge is 2.12. The predicted molar refractivity (Wildman–Crippen MR) is 62.1 cm³/mol. The van der Waals surface area contributed by atoms with Gasteiger partial charge in [-0.05, 0) is 24.6 Å². The van der Waals surface area contributed by atoms with Gasteiger partial charge >= 0.3 is 5.97 Å². The van der Waals surface area contributed by atoms with E-state index in [1.807, 2.05) is 0 Å². The van der Waals surface area contributed by atoms with Gasteiger partial charge in [0.25, 0.3) is 5.91 Å². The lowest BCUT2D eigenvalue weighted by Crippen LogP contribution is -2.24. The summed E-state index contributed by atoms with van der Waals surface area (Å²) >= 11 is 0. The zero-order valence-electron chi connectivity index (χ0n) is 9.61. The van der Waals surface area contributed by atoms with E-state index in [9.17, 15) is 9.59 Å². The Hall–Kier alpha value is -2.24. The molecule has 1 amide bonds. The normalized spacial score (nSPS) is 9.76. The highest BCUT2D eigenvalue weighted by molar-refractivity contribution is 5.95. The maximum absolute atomic E-state index is 11.0. The molecule has 6 heteroatoms. The smallest absolute Gasteiger partial charge is 0.337 e. The van der Waals surface area contributed by atoms with Crippen LogP contribution in [0.15, 0.2) is 12.1 Å². The van der Waals surface area contributed by atoms with Crippen molar-refractivity contribution in [1.29, 1.82) is 0 Å². The molecule has 6 nitrogen and oxygen atoms in total. The van der Waals surface area contributed by atoms with Gasteiger partial charge in [0, 0.05) is 12.7 Å². The summed E-state index contributed by atoms with van der Waals surface area (Å²) in [4.78, 5) is 21.9. The van der Waals surface area contributed by atoms with Gasteiger partial charge in [-0.15, -0.1) is 0 Å². The number of likely N-dealkylation sites (N-methyl/N-ethyl adjacent to an activating group) is 1. The largest absolute Gasteiger partial charge is 0.484 e. The average molecular weight is 238 g/mol. The minimum Gasteiger partial charge on any atom is -0.484 e. The van der Waals surface area contributed by atoms with Crippen molar-refractivity contribution < 1.29 is 19.4 Å². The Kier molecular flexibility index (Phi) is 3.92. The van der Waals surface area contributed by atoms with Crippen molar-refractivity contribution in [2.45, 2.75) is 6.92 Å². The van der Waals surface area contributed by atoms with Crippen molar-refractivity contribution in [3.63, 3.8) is 0 Å². The number of aromatic carboxylic acids is 1. The number of anilines is 1. The van der Waals surface area contributed by atoms with Crippen molar-refractivity contribution in [3.8, 4) is 5.75 Å². The molecule has 1 aromatic carbocycles. The number of benzene rings is 1. The van der Waals surface area contributed by atoms with Gasteiger partial charge in [0.2, 0.25) is 0 Å². The van der Waals surface area contributed by atoms with Gasteiger partial charge in [0.15, 0.2) is 6.61 Å². The lowest BCUT2D eigenvalue weighted by molar-refractivity contribution is -0.122. The van der Waals surface area contributed by atoms with E-state index in [-0.39, 0.29) is 23.8 Å². The molecule has 0 aromatic heterocycles. The first kappa shape index (κ1) is 12.8. The molecule has 0 saturated carbocycles. The molecule has 0 unspecified atom stereocenters. The minimum atomic E-state index is -1.13. The summed E-state index contributed by atoms with van der Waals surface area (Å²) in [6, 6.07) is 2.89. The molecular formula is C11H14N2O4. The van der Waals surface area contributed by atoms with E-state index in [1.165, 1.54) is 13.1 Å². The highest BCUT2D eigenvalue weighted by Crippen LogP contribution is 2.24. The summed E-state index contributed by atoms with van der Waals surface area (Å²) in [5.74, 6) is -1.12. The molecule has 0 spiro atoms. The highest BCUT2D eigenvalue weighted by atomic mass is 16.5. The molecule has 0 bridgehead atoms. The third kappa shape index (κ3) is 3.10. The first-order valence-corrected chi connectivity index (χ1v) is 4.92. The number of nitrogens with two attached hydrogens (primary N) is 1. The molecular weight excluding hydrogens is 224 g/mol. The van der Waals surface area contributed by atoms with Crippen molar-refractivity contribution in [3.05, 3.63) is 23.3 Å². The third-order valence-electron chi connectivity index (χ3n) is 2.24. The van der Waals surface area contributed by atoms with E-state index < -0.39 is 5.97 Å². The fourth-order valence-corrected chi connectivity index (χ4v) is 1.25. The summed E-state index contributed by atoms with van der Waals surface area (Å²) < 4.78 is 5.15. The van der Waals surface area contributed by atoms with E-state index >= 15 is 0 Å². The van der Waals surface area contributed by atoms with Crippen LogP contribution in [0.4, 0.5) is 5.69 Å². The number of amides is 1. The van der Waals surface area contributed by atoms with Gasteiger partial charge in [-0.25, -0.2) is 4.79 Å². The zero-order valence-corrected chi connectivity index (χ0v) is 9.61. The zero-order chi connectivity index (χ0) is 13.0. The number of nitrogens with one attached hydrogen (secondary N) is 1. The molecule has 0 saturated heterocycles. The van der Waals surface area contributed by atoms with Crippen LogP contribution in [0.1, 0.15) is 15.9 Å². The molecule has 1 aromatic rings. The summed E-state index contributed by atoms with van der Waals surface area (Å²) in [5, 5.41) is 11.3. The fourth-order valence-electron chi connectivity index (χ4n) is 1.25. The number of carboxylic acid groups (broad SMARTS) is 1. The van der Waals surface area contributed by atoms with E-state index in [1.54, 1.807) is 13.0 Å². The van der Waals surface area contributed by atoms with Gasteiger partial charge < -0.3 is 20.9 Å². The van der Waals surface area contributed by atoms with Crippen molar-refractivity contribution >= 4 is 17.6 Å². The number of aryl methyl sites for hydroxylation is 1. The number of rotatable bonds is 4. The standard InChI is InChI=1S/C11H14N2O4/c1-6-3-7(17-5-9(14)13-2)4-8(10(6)12)11(15)16/h3-4H,5,12H2,1-2H3,(H,13,14)(H,15,16). The SMILES string of the molecule is CNC(=O)COc1cc(C)c(N)c(C(=O)O)c1. The Morgan fingerprint density at radius 1 is 1.47 bits per heavy atom. The van der Waals surface area contributed by atoms with Crippen molar-refractivity contribution in [2.24, 2.45) is 0 Å². The van der Waals surface area contributed by atoms with Crippen LogP contribution in [-0.2, 0) is 4.79 Å². The average Bonchev–Trinajstić information content (AvgIpc) is 2.29. The maximum Gasteiger partial charge on any atom is 0.337 e. The lowest BCUT2D eigenvalue weighted by atomic mass is 10.1. The van der Waals surface area contributed by atoms with Gasteiger partial charge in [0.1, 0.15) is 5.75 Å². The minimum absolute atomic E-state index is 0.0306. The van der Waals surface area contributed by atoms with Crippen LogP contribution in [-0.4, -0.2) is 30.6 Å². The quantitative estimate of drug-likeness (QED) is 0.659. The molecule has 0 fully saturated rings. The van der Waals surface area contributed by atoms with Crippen molar-refractivity contribution in [2.75, 3.05) is 19.4 Å². The molecule has 0 atom stereocenters. The van der Waals surface area contributed by atoms with E-state index in [4.69, 9.17) is 15.6 Å². The number of carboxylic acids is 1. The second kappa shape index (κ2) is 5.20. The predicted octanol–water partition coefficient (Wildman–Crippen LogP) is 0.400. The summed E-state index contributed by atoms with van der Waals surface area (Å²) in [7, 11) is 1.49. The Morgan fingerprint density at radius 2 is 2.12 bits per heavy atom. The molecule has 0 heterocycles. The molecule has 0 aliphatic heterocycles. The van der Waals surface area contributed by atoms with Crippen molar-refractivity contribution in [1.82, 2.24) is 5.32 Å². The number of carbonyl (C=O) groups is 2. The third-order valence-corrected chi connectivity index (χ3v) is 2.24. The number of hydrogen-bond acceptors (Lipinski definition) is 4. The van der Waals surface area contributed by atoms with Gasteiger partial charge in [-0.2, -0.15) is 0 Å². The number of carbonyl (C=O) groups excluding carboxylic acids is 1. The van der Waals surface area contributed by atoms with E-state index in [0.717, 1.165) is 0 Å². The second-order valence-corrected chi connectivity index (χ2v) is 3.47. The molecule has 0 aliphatic carbocycles. The summed E-state index contributed by atoms with van der Waals surface area (Å²) in [6.45, 7) is 1.51. The number of nitrogen functional groups attached to an aromatic ring is 1. The molecule has 17 heavy (non-hydrogen) atoms. The Bertz CT molecular complexity index is 457. The van der Waals surface area contributed by atoms with Crippen LogP contribution >= 0.6 is 0 Å². The summed E-state index contributed by atoms with van der Waals surface area (Å²) in [5.41, 5.74) is 6.38. The van der Waals surface area contributed by atoms with E-state index in [2.05, 4.69) is 5.32 Å². The summed E-state index contributed by atoms with van der Waals surface area (Å²) in [6.07, 6.45) is 0. The first-order valence-electron chi connectivity index (χ1n) is 4.92. The Balaban J connectivity index is 2.95. The van der Waals surface area contributed by atoms with Crippen LogP contribution in [0, 0.1) is 6.92 Å². The van der Waals surface area contributed by atoms with E-state index in [0.29, 0.717) is 11.3 Å². The number of ether oxygens (including phenoxy) is 1. The lowest BCUT2D eigenvalue weighted by Gasteiger charge is -2.10. The molecule has 1 rings (SSSR count).